The van der Waals surface area contributed by atoms with E-state index in [4.69, 9.17) is 0 Å². The monoisotopic (exact) mass is 338 g/mol. The van der Waals surface area contributed by atoms with Crippen LogP contribution >= 0.6 is 12.4 Å². The second kappa shape index (κ2) is 8.08. The van der Waals surface area contributed by atoms with Crippen molar-refractivity contribution in [3.63, 3.8) is 0 Å². The summed E-state index contributed by atoms with van der Waals surface area (Å²) in [6.07, 6.45) is 2.16. The zero-order valence-corrected chi connectivity index (χ0v) is 13.5. The summed E-state index contributed by atoms with van der Waals surface area (Å²) >= 11 is 0. The Morgan fingerprint density at radius 2 is 2.13 bits per heavy atom. The van der Waals surface area contributed by atoms with Gasteiger partial charge < -0.3 is 10.6 Å². The van der Waals surface area contributed by atoms with Gasteiger partial charge in [0.1, 0.15) is 11.5 Å². The summed E-state index contributed by atoms with van der Waals surface area (Å²) in [5.74, 6) is 0.197. The molecule has 1 fully saturated rings. The number of rotatable bonds is 5. The summed E-state index contributed by atoms with van der Waals surface area (Å²) in [6.45, 7) is 2.77. The van der Waals surface area contributed by atoms with Crippen molar-refractivity contribution in [2.45, 2.75) is 12.8 Å². The van der Waals surface area contributed by atoms with Gasteiger partial charge in [-0.25, -0.2) is 4.39 Å². The molecule has 0 saturated carbocycles. The molecule has 1 unspecified atom stereocenters. The van der Waals surface area contributed by atoms with Crippen LogP contribution in [-0.4, -0.2) is 35.7 Å². The molecule has 23 heavy (non-hydrogen) atoms. The van der Waals surface area contributed by atoms with Crippen LogP contribution in [0.5, 0.6) is 0 Å². The number of carbonyl (C=O) groups is 1. The number of carbonyl (C=O) groups excluding carboxylic acids is 1. The molecular weight excluding hydrogens is 319 g/mol. The summed E-state index contributed by atoms with van der Waals surface area (Å²) in [6, 6.07) is 7.71. The molecule has 124 valence electrons. The van der Waals surface area contributed by atoms with Crippen LogP contribution in [0.4, 0.5) is 4.39 Å². The predicted molar refractivity (Wildman–Crippen MR) is 89.2 cm³/mol. The molecule has 1 aromatic carbocycles. The second-order valence-corrected chi connectivity index (χ2v) is 5.58. The van der Waals surface area contributed by atoms with E-state index in [0.29, 0.717) is 23.9 Å². The average Bonchev–Trinajstić information content (AvgIpc) is 3.19. The third kappa shape index (κ3) is 4.53. The molecule has 1 aliphatic heterocycles. The molecular formula is C16H20ClFN4O. The third-order valence-electron chi connectivity index (χ3n) is 3.96. The molecule has 1 aromatic heterocycles. The Morgan fingerprint density at radius 3 is 2.83 bits per heavy atom. The minimum absolute atomic E-state index is 0. The van der Waals surface area contributed by atoms with Crippen molar-refractivity contribution in [1.82, 2.24) is 20.8 Å². The summed E-state index contributed by atoms with van der Waals surface area (Å²) in [7, 11) is 0. The molecule has 2 heterocycles. The zero-order chi connectivity index (χ0) is 15.4. The predicted octanol–water partition coefficient (Wildman–Crippen LogP) is 2.37. The lowest BCUT2D eigenvalue weighted by Gasteiger charge is -2.08. The molecule has 0 spiro atoms. The fourth-order valence-corrected chi connectivity index (χ4v) is 2.65. The smallest absolute Gasteiger partial charge is 0.269 e. The minimum Gasteiger partial charge on any atom is -0.351 e. The second-order valence-electron chi connectivity index (χ2n) is 5.58. The zero-order valence-electron chi connectivity index (χ0n) is 12.6. The molecule has 0 radical (unpaired) electrons. The number of hydrogen-bond donors (Lipinski definition) is 3. The van der Waals surface area contributed by atoms with Gasteiger partial charge in [-0.15, -0.1) is 12.4 Å². The lowest BCUT2D eigenvalue weighted by atomic mass is 10.1. The lowest BCUT2D eigenvalue weighted by molar-refractivity contribution is 0.0946. The normalized spacial score (nSPS) is 16.8. The van der Waals surface area contributed by atoms with Crippen molar-refractivity contribution in [2.24, 2.45) is 5.92 Å². The van der Waals surface area contributed by atoms with Crippen molar-refractivity contribution in [2.75, 3.05) is 19.6 Å². The van der Waals surface area contributed by atoms with Crippen LogP contribution in [0.3, 0.4) is 0 Å². The van der Waals surface area contributed by atoms with Gasteiger partial charge in [0, 0.05) is 12.1 Å². The first-order valence-electron chi connectivity index (χ1n) is 7.52. The van der Waals surface area contributed by atoms with E-state index in [9.17, 15) is 9.18 Å². The van der Waals surface area contributed by atoms with Gasteiger partial charge in [-0.3, -0.25) is 9.89 Å². The first-order chi connectivity index (χ1) is 10.7. The Hall–Kier alpha value is -1.92. The maximum Gasteiger partial charge on any atom is 0.269 e. The highest BCUT2D eigenvalue weighted by molar-refractivity contribution is 5.93. The highest BCUT2D eigenvalue weighted by Crippen LogP contribution is 2.18. The van der Waals surface area contributed by atoms with Crippen LogP contribution in [0.2, 0.25) is 0 Å². The van der Waals surface area contributed by atoms with Crippen LogP contribution in [0, 0.1) is 11.7 Å². The number of hydrogen-bond acceptors (Lipinski definition) is 3. The largest absolute Gasteiger partial charge is 0.351 e. The maximum absolute atomic E-state index is 12.9. The maximum atomic E-state index is 12.9. The first-order valence-corrected chi connectivity index (χ1v) is 7.52. The Labute approximate surface area is 140 Å². The van der Waals surface area contributed by atoms with Crippen LogP contribution < -0.4 is 10.6 Å². The molecule has 1 atom stereocenters. The average molecular weight is 339 g/mol. The highest BCUT2D eigenvalue weighted by atomic mass is 35.5. The minimum atomic E-state index is -0.293. The van der Waals surface area contributed by atoms with Crippen molar-refractivity contribution in [3.8, 4) is 11.3 Å². The Balaban J connectivity index is 0.00000192. The number of aromatic nitrogens is 2. The van der Waals surface area contributed by atoms with Gasteiger partial charge in [0.05, 0.1) is 5.69 Å². The lowest BCUT2D eigenvalue weighted by Crippen LogP contribution is -2.26. The number of nitrogens with zero attached hydrogens (tertiary/aromatic N) is 1. The molecule has 2 aromatic rings. The summed E-state index contributed by atoms with van der Waals surface area (Å²) in [4.78, 5) is 12.1. The number of benzene rings is 1. The number of halogens is 2. The van der Waals surface area contributed by atoms with Gasteiger partial charge in [0.2, 0.25) is 0 Å². The van der Waals surface area contributed by atoms with Gasteiger partial charge >= 0.3 is 0 Å². The van der Waals surface area contributed by atoms with Crippen LogP contribution in [0.1, 0.15) is 23.3 Å². The third-order valence-corrected chi connectivity index (χ3v) is 3.96. The van der Waals surface area contributed by atoms with E-state index in [1.54, 1.807) is 18.2 Å². The van der Waals surface area contributed by atoms with E-state index < -0.39 is 0 Å². The fourth-order valence-electron chi connectivity index (χ4n) is 2.65. The van der Waals surface area contributed by atoms with Gasteiger partial charge in [0.25, 0.3) is 5.91 Å². The van der Waals surface area contributed by atoms with E-state index in [1.807, 2.05) is 0 Å². The number of H-pyrrole nitrogens is 1. The fraction of sp³-hybridized carbons (Fsp3) is 0.375. The van der Waals surface area contributed by atoms with Gasteiger partial charge in [0.15, 0.2) is 0 Å². The number of aromatic amines is 1. The van der Waals surface area contributed by atoms with E-state index >= 15 is 0 Å². The van der Waals surface area contributed by atoms with Crippen molar-refractivity contribution in [3.05, 3.63) is 41.8 Å². The summed E-state index contributed by atoms with van der Waals surface area (Å²) < 4.78 is 12.9. The molecule has 1 amide bonds. The molecule has 1 saturated heterocycles. The van der Waals surface area contributed by atoms with Crippen molar-refractivity contribution >= 4 is 18.3 Å². The molecule has 5 nitrogen and oxygen atoms in total. The van der Waals surface area contributed by atoms with E-state index in [1.165, 1.54) is 18.6 Å². The van der Waals surface area contributed by atoms with Crippen LogP contribution in [-0.2, 0) is 0 Å². The van der Waals surface area contributed by atoms with Crippen LogP contribution in [0.25, 0.3) is 11.3 Å². The topological polar surface area (TPSA) is 69.8 Å². The van der Waals surface area contributed by atoms with Gasteiger partial charge in [-0.1, -0.05) is 0 Å². The molecule has 0 bridgehead atoms. The molecule has 3 rings (SSSR count). The SMILES string of the molecule is Cl.O=C(NCCC1CCNC1)c1cc(-c2ccc(F)cc2)n[nH]1. The Kier molecular flexibility index (Phi) is 6.12. The Bertz CT molecular complexity index is 638. The van der Waals surface area contributed by atoms with Gasteiger partial charge in [-0.05, 0) is 62.2 Å². The van der Waals surface area contributed by atoms with Crippen molar-refractivity contribution < 1.29 is 9.18 Å². The van der Waals surface area contributed by atoms with E-state index in [-0.39, 0.29) is 24.1 Å². The number of nitrogens with one attached hydrogen (secondary N) is 3. The summed E-state index contributed by atoms with van der Waals surface area (Å²) in [5, 5.41) is 13.0. The van der Waals surface area contributed by atoms with Crippen molar-refractivity contribution in [1.29, 1.82) is 0 Å². The molecule has 7 heteroatoms. The van der Waals surface area contributed by atoms with Crippen LogP contribution in [0.15, 0.2) is 30.3 Å². The molecule has 1 aliphatic rings. The first kappa shape index (κ1) is 17.4. The standard InChI is InChI=1S/C16H19FN4O.ClH/c17-13-3-1-12(2-4-13)14-9-15(21-20-14)16(22)19-8-6-11-5-7-18-10-11;/h1-4,9,11,18H,5-8,10H2,(H,19,22)(H,20,21);1H. The van der Waals surface area contributed by atoms with Gasteiger partial charge in [-0.2, -0.15) is 5.10 Å². The highest BCUT2D eigenvalue weighted by Gasteiger charge is 2.15. The quantitative estimate of drug-likeness (QED) is 0.784. The number of amides is 1. The Morgan fingerprint density at radius 1 is 1.35 bits per heavy atom. The molecule has 3 N–H and O–H groups in total. The summed E-state index contributed by atoms with van der Waals surface area (Å²) in [5.41, 5.74) is 1.82. The molecule has 0 aliphatic carbocycles. The van der Waals surface area contributed by atoms with E-state index in [0.717, 1.165) is 25.1 Å². The van der Waals surface area contributed by atoms with E-state index in [2.05, 4.69) is 20.8 Å².